The van der Waals surface area contributed by atoms with Crippen molar-refractivity contribution in [3.8, 4) is 11.5 Å². The van der Waals surface area contributed by atoms with Gasteiger partial charge in [0, 0.05) is 5.56 Å². The molecule has 0 aliphatic carbocycles. The second-order valence-corrected chi connectivity index (χ2v) is 6.29. The van der Waals surface area contributed by atoms with Crippen LogP contribution in [-0.2, 0) is 0 Å². The van der Waals surface area contributed by atoms with E-state index < -0.39 is 5.97 Å². The summed E-state index contributed by atoms with van der Waals surface area (Å²) in [5, 5.41) is 1.81. The lowest BCUT2D eigenvalue weighted by Crippen LogP contribution is -2.07. The van der Waals surface area contributed by atoms with Crippen LogP contribution in [0.1, 0.15) is 25.6 Å². The average molecular weight is 364 g/mol. The van der Waals surface area contributed by atoms with E-state index >= 15 is 0 Å². The van der Waals surface area contributed by atoms with Gasteiger partial charge in [-0.15, -0.1) is 11.3 Å². The van der Waals surface area contributed by atoms with E-state index in [2.05, 4.69) is 0 Å². The molecular formula is C21H16O4S. The normalized spacial score (nSPS) is 10.7. The third-order valence-electron chi connectivity index (χ3n) is 3.60. The van der Waals surface area contributed by atoms with Crippen LogP contribution in [0.3, 0.4) is 0 Å². The Bertz CT molecular complexity index is 928. The van der Waals surface area contributed by atoms with E-state index in [1.54, 1.807) is 48.5 Å². The maximum absolute atomic E-state index is 12.1. The molecule has 0 aliphatic rings. The Labute approximate surface area is 155 Å². The number of esters is 1. The Balaban J connectivity index is 1.75. The van der Waals surface area contributed by atoms with Gasteiger partial charge in [-0.25, -0.2) is 4.79 Å². The maximum atomic E-state index is 12.1. The predicted molar refractivity (Wildman–Crippen MR) is 102 cm³/mol. The van der Waals surface area contributed by atoms with Crippen molar-refractivity contribution in [3.05, 3.63) is 88.1 Å². The van der Waals surface area contributed by atoms with Crippen LogP contribution < -0.4 is 9.47 Å². The van der Waals surface area contributed by atoms with Crippen LogP contribution in [0.2, 0.25) is 0 Å². The molecule has 3 rings (SSSR count). The molecule has 0 amide bonds. The highest BCUT2D eigenvalue weighted by Gasteiger charge is 2.13. The van der Waals surface area contributed by atoms with E-state index in [4.69, 9.17) is 9.47 Å². The minimum atomic E-state index is -0.430. The summed E-state index contributed by atoms with van der Waals surface area (Å²) < 4.78 is 10.7. The van der Waals surface area contributed by atoms with Gasteiger partial charge in [-0.2, -0.15) is 0 Å². The summed E-state index contributed by atoms with van der Waals surface area (Å²) in [6.45, 7) is 0. The molecule has 130 valence electrons. The molecule has 2 aromatic carbocycles. The van der Waals surface area contributed by atoms with Gasteiger partial charge in [0.25, 0.3) is 0 Å². The number of ether oxygens (including phenoxy) is 2. The number of allylic oxidation sites excluding steroid dienone is 1. The van der Waals surface area contributed by atoms with Crippen molar-refractivity contribution in [2.24, 2.45) is 0 Å². The van der Waals surface area contributed by atoms with E-state index in [1.165, 1.54) is 24.5 Å². The van der Waals surface area contributed by atoms with Crippen molar-refractivity contribution < 1.29 is 19.1 Å². The molecule has 0 spiro atoms. The van der Waals surface area contributed by atoms with Crippen LogP contribution in [0.25, 0.3) is 6.08 Å². The second-order valence-electron chi connectivity index (χ2n) is 5.34. The summed E-state index contributed by atoms with van der Waals surface area (Å²) in [6.07, 6.45) is 3.20. The number of ketones is 1. The van der Waals surface area contributed by atoms with Gasteiger partial charge in [-0.05, 0) is 35.2 Å². The minimum absolute atomic E-state index is 0.0854. The molecule has 0 saturated carbocycles. The van der Waals surface area contributed by atoms with Crippen molar-refractivity contribution in [1.29, 1.82) is 0 Å². The Morgan fingerprint density at radius 3 is 2.46 bits per heavy atom. The van der Waals surface area contributed by atoms with Crippen molar-refractivity contribution in [2.45, 2.75) is 0 Å². The molecule has 0 radical (unpaired) electrons. The molecule has 0 fully saturated rings. The smallest absolute Gasteiger partial charge is 0.353 e. The molecule has 4 nitrogen and oxygen atoms in total. The first-order valence-corrected chi connectivity index (χ1v) is 8.76. The summed E-state index contributed by atoms with van der Waals surface area (Å²) in [5.74, 6) is 0.236. The van der Waals surface area contributed by atoms with Gasteiger partial charge in [-0.1, -0.05) is 48.5 Å². The summed E-state index contributed by atoms with van der Waals surface area (Å²) >= 11 is 1.31. The van der Waals surface area contributed by atoms with E-state index in [-0.39, 0.29) is 5.78 Å². The van der Waals surface area contributed by atoms with Crippen LogP contribution in [0, 0.1) is 0 Å². The molecule has 1 heterocycles. The van der Waals surface area contributed by atoms with Gasteiger partial charge in [0.05, 0.1) is 7.11 Å². The summed E-state index contributed by atoms with van der Waals surface area (Å²) in [4.78, 5) is 24.7. The van der Waals surface area contributed by atoms with E-state index in [0.717, 1.165) is 5.56 Å². The summed E-state index contributed by atoms with van der Waals surface area (Å²) in [7, 11) is 1.50. The average Bonchev–Trinajstić information content (AvgIpc) is 3.22. The minimum Gasteiger partial charge on any atom is -0.493 e. The molecule has 0 N–H and O–H groups in total. The predicted octanol–water partition coefficient (Wildman–Crippen LogP) is 4.87. The van der Waals surface area contributed by atoms with E-state index in [1.807, 2.05) is 23.6 Å². The fourth-order valence-corrected chi connectivity index (χ4v) is 2.89. The maximum Gasteiger partial charge on any atom is 0.353 e. The monoisotopic (exact) mass is 364 g/mol. The van der Waals surface area contributed by atoms with Crippen molar-refractivity contribution in [1.82, 2.24) is 0 Å². The fourth-order valence-electron chi connectivity index (χ4n) is 2.29. The number of benzene rings is 2. The number of carbonyl (C=O) groups is 2. The first-order chi connectivity index (χ1) is 12.7. The second kappa shape index (κ2) is 8.27. The fraction of sp³-hybridized carbons (Fsp3) is 0.0476. The van der Waals surface area contributed by atoms with E-state index in [0.29, 0.717) is 21.9 Å². The van der Waals surface area contributed by atoms with Gasteiger partial charge < -0.3 is 9.47 Å². The molecule has 3 aromatic rings. The van der Waals surface area contributed by atoms with Gasteiger partial charge in [0.1, 0.15) is 4.88 Å². The van der Waals surface area contributed by atoms with Crippen molar-refractivity contribution >= 4 is 29.2 Å². The van der Waals surface area contributed by atoms with Crippen LogP contribution in [0.4, 0.5) is 0 Å². The zero-order chi connectivity index (χ0) is 18.4. The van der Waals surface area contributed by atoms with Gasteiger partial charge in [0.2, 0.25) is 0 Å². The zero-order valence-electron chi connectivity index (χ0n) is 14.0. The molecule has 5 heteroatoms. The Morgan fingerprint density at radius 2 is 1.77 bits per heavy atom. The molecule has 0 bridgehead atoms. The Morgan fingerprint density at radius 1 is 0.962 bits per heavy atom. The van der Waals surface area contributed by atoms with Crippen molar-refractivity contribution in [3.63, 3.8) is 0 Å². The third-order valence-corrected chi connectivity index (χ3v) is 4.45. The van der Waals surface area contributed by atoms with E-state index in [9.17, 15) is 9.59 Å². The lowest BCUT2D eigenvalue weighted by Gasteiger charge is -2.09. The lowest BCUT2D eigenvalue weighted by atomic mass is 10.1. The number of thiophene rings is 1. The Hall–Kier alpha value is -3.18. The highest BCUT2D eigenvalue weighted by atomic mass is 32.1. The number of carbonyl (C=O) groups excluding carboxylic acids is 2. The van der Waals surface area contributed by atoms with Crippen molar-refractivity contribution in [2.75, 3.05) is 7.11 Å². The number of hydrogen-bond donors (Lipinski definition) is 0. The largest absolute Gasteiger partial charge is 0.493 e. The molecule has 0 unspecified atom stereocenters. The molecule has 0 atom stereocenters. The zero-order valence-corrected chi connectivity index (χ0v) is 14.9. The number of rotatable bonds is 6. The van der Waals surface area contributed by atoms with Crippen LogP contribution in [-0.4, -0.2) is 18.9 Å². The lowest BCUT2D eigenvalue weighted by molar-refractivity contribution is 0.0734. The van der Waals surface area contributed by atoms with Crippen LogP contribution in [0.5, 0.6) is 11.5 Å². The molecule has 1 aromatic heterocycles. The van der Waals surface area contributed by atoms with Gasteiger partial charge in [-0.3, -0.25) is 4.79 Å². The van der Waals surface area contributed by atoms with Crippen LogP contribution in [0.15, 0.2) is 72.1 Å². The van der Waals surface area contributed by atoms with Gasteiger partial charge >= 0.3 is 5.97 Å². The first kappa shape index (κ1) is 17.6. The molecule has 0 saturated heterocycles. The quantitative estimate of drug-likeness (QED) is 0.271. The number of hydrogen-bond acceptors (Lipinski definition) is 5. The number of methoxy groups -OCH3 is 1. The third kappa shape index (κ3) is 4.26. The summed E-state index contributed by atoms with van der Waals surface area (Å²) in [6, 6.07) is 17.6. The van der Waals surface area contributed by atoms with Gasteiger partial charge in [0.15, 0.2) is 17.3 Å². The summed E-state index contributed by atoms with van der Waals surface area (Å²) in [5.41, 5.74) is 1.39. The standard InChI is InChI=1S/C21H16O4S/c1-24-19-14-15(9-11-17(22)16-6-3-2-4-7-16)10-12-18(19)25-21(23)20-8-5-13-26-20/h2-14H,1H3. The molecule has 26 heavy (non-hydrogen) atoms. The molecule has 0 aliphatic heterocycles. The topological polar surface area (TPSA) is 52.6 Å². The molecular weight excluding hydrogens is 348 g/mol. The first-order valence-electron chi connectivity index (χ1n) is 7.88. The SMILES string of the molecule is COc1cc(C=CC(=O)c2ccccc2)ccc1OC(=O)c1cccs1. The van der Waals surface area contributed by atoms with Crippen LogP contribution >= 0.6 is 11.3 Å². The highest BCUT2D eigenvalue weighted by Crippen LogP contribution is 2.29. The highest BCUT2D eigenvalue weighted by molar-refractivity contribution is 7.12. The Kier molecular flexibility index (Phi) is 5.61.